The molecule has 3 aromatic rings. The smallest absolute Gasteiger partial charge is 0.0798 e. The first kappa shape index (κ1) is 13.1. The van der Waals surface area contributed by atoms with Crippen molar-refractivity contribution in [3.8, 4) is 11.1 Å². The molecule has 1 heteroatoms. The normalized spacial score (nSPS) is 16.1. The Balaban J connectivity index is 1.95. The van der Waals surface area contributed by atoms with Crippen molar-refractivity contribution in [3.05, 3.63) is 89.5 Å². The molecule has 3 aromatic carbocycles. The minimum absolute atomic E-state index is 0.270. The number of nitrogens with zero attached hydrogens (tertiary/aromatic N) is 1. The number of anilines is 1. The van der Waals surface area contributed by atoms with E-state index in [1.54, 1.807) is 0 Å². The molecule has 0 saturated heterocycles. The minimum atomic E-state index is 0.270. The molecule has 1 atom stereocenters. The first-order chi connectivity index (χ1) is 10.8. The second kappa shape index (κ2) is 5.03. The van der Waals surface area contributed by atoms with Gasteiger partial charge in [0.05, 0.1) is 6.04 Å². The summed E-state index contributed by atoms with van der Waals surface area (Å²) in [5.74, 6) is 0. The van der Waals surface area contributed by atoms with E-state index >= 15 is 0 Å². The predicted octanol–water partition coefficient (Wildman–Crippen LogP) is 5.20. The van der Waals surface area contributed by atoms with Crippen LogP contribution in [0.1, 0.15) is 22.7 Å². The van der Waals surface area contributed by atoms with Crippen molar-refractivity contribution in [1.82, 2.24) is 0 Å². The van der Waals surface area contributed by atoms with Crippen molar-refractivity contribution < 1.29 is 0 Å². The minimum Gasteiger partial charge on any atom is -0.363 e. The summed E-state index contributed by atoms with van der Waals surface area (Å²) in [5, 5.41) is 0. The number of para-hydroxylation sites is 1. The van der Waals surface area contributed by atoms with E-state index in [2.05, 4.69) is 91.7 Å². The standard InChI is InChI=1S/C21H19N/c1-15-11-13-16(14-12-15)21-19-9-4-3-7-17(19)18-8-5-6-10-20(18)22(21)2/h3-14,21H,1-2H3. The van der Waals surface area contributed by atoms with Crippen LogP contribution in [0.15, 0.2) is 72.8 Å². The van der Waals surface area contributed by atoms with Gasteiger partial charge in [-0.2, -0.15) is 0 Å². The fourth-order valence-electron chi connectivity index (χ4n) is 3.49. The van der Waals surface area contributed by atoms with Gasteiger partial charge in [-0.15, -0.1) is 0 Å². The monoisotopic (exact) mass is 285 g/mol. The summed E-state index contributed by atoms with van der Waals surface area (Å²) >= 11 is 0. The quantitative estimate of drug-likeness (QED) is 0.594. The van der Waals surface area contributed by atoms with Gasteiger partial charge in [-0.25, -0.2) is 0 Å². The van der Waals surface area contributed by atoms with Crippen LogP contribution < -0.4 is 4.90 Å². The number of fused-ring (bicyclic) bond motifs is 3. The van der Waals surface area contributed by atoms with Gasteiger partial charge in [0.1, 0.15) is 0 Å². The molecule has 0 aromatic heterocycles. The van der Waals surface area contributed by atoms with E-state index in [-0.39, 0.29) is 6.04 Å². The van der Waals surface area contributed by atoms with Crippen LogP contribution in [0.25, 0.3) is 11.1 Å². The highest BCUT2D eigenvalue weighted by atomic mass is 15.1. The lowest BCUT2D eigenvalue weighted by molar-refractivity contribution is 0.774. The molecule has 22 heavy (non-hydrogen) atoms. The molecule has 0 saturated carbocycles. The molecule has 0 bridgehead atoms. The van der Waals surface area contributed by atoms with Crippen molar-refractivity contribution in [3.63, 3.8) is 0 Å². The van der Waals surface area contributed by atoms with Crippen LogP contribution in [0.5, 0.6) is 0 Å². The van der Waals surface area contributed by atoms with Crippen LogP contribution >= 0.6 is 0 Å². The summed E-state index contributed by atoms with van der Waals surface area (Å²) < 4.78 is 0. The summed E-state index contributed by atoms with van der Waals surface area (Å²) in [5.41, 5.74) is 8.00. The molecule has 4 rings (SSSR count). The highest BCUT2D eigenvalue weighted by Crippen LogP contribution is 2.45. The van der Waals surface area contributed by atoms with E-state index < -0.39 is 0 Å². The van der Waals surface area contributed by atoms with E-state index in [1.165, 1.54) is 33.5 Å². The molecule has 1 nitrogen and oxygen atoms in total. The summed E-state index contributed by atoms with van der Waals surface area (Å²) in [7, 11) is 2.19. The third kappa shape index (κ3) is 1.93. The Morgan fingerprint density at radius 1 is 0.727 bits per heavy atom. The fraction of sp³-hybridized carbons (Fsp3) is 0.143. The molecular formula is C21H19N. The van der Waals surface area contributed by atoms with E-state index in [9.17, 15) is 0 Å². The number of hydrogen-bond acceptors (Lipinski definition) is 1. The third-order valence-electron chi connectivity index (χ3n) is 4.61. The summed E-state index contributed by atoms with van der Waals surface area (Å²) in [6.45, 7) is 2.14. The first-order valence-electron chi connectivity index (χ1n) is 7.73. The molecule has 0 fully saturated rings. The second-order valence-corrected chi connectivity index (χ2v) is 6.03. The van der Waals surface area contributed by atoms with Gasteiger partial charge >= 0.3 is 0 Å². The average molecular weight is 285 g/mol. The zero-order chi connectivity index (χ0) is 15.1. The molecular weight excluding hydrogens is 266 g/mol. The van der Waals surface area contributed by atoms with Gasteiger partial charge in [-0.1, -0.05) is 72.3 Å². The van der Waals surface area contributed by atoms with Crippen molar-refractivity contribution in [2.75, 3.05) is 11.9 Å². The van der Waals surface area contributed by atoms with E-state index in [1.807, 2.05) is 0 Å². The lowest BCUT2D eigenvalue weighted by Crippen LogP contribution is -2.29. The Bertz CT molecular complexity index is 817. The molecule has 1 unspecified atom stereocenters. The maximum Gasteiger partial charge on any atom is 0.0798 e. The van der Waals surface area contributed by atoms with Crippen molar-refractivity contribution in [1.29, 1.82) is 0 Å². The molecule has 0 amide bonds. The Labute approximate surface area is 131 Å². The summed E-state index contributed by atoms with van der Waals surface area (Å²) in [6, 6.07) is 26.6. The first-order valence-corrected chi connectivity index (χ1v) is 7.73. The van der Waals surface area contributed by atoms with E-state index in [4.69, 9.17) is 0 Å². The molecule has 0 spiro atoms. The lowest BCUT2D eigenvalue weighted by atomic mass is 9.85. The van der Waals surface area contributed by atoms with E-state index in [0.29, 0.717) is 0 Å². The van der Waals surface area contributed by atoms with Crippen LogP contribution in [-0.2, 0) is 0 Å². The van der Waals surface area contributed by atoms with Crippen LogP contribution in [-0.4, -0.2) is 7.05 Å². The third-order valence-corrected chi connectivity index (χ3v) is 4.61. The topological polar surface area (TPSA) is 3.24 Å². The van der Waals surface area contributed by atoms with Crippen LogP contribution in [0.4, 0.5) is 5.69 Å². The molecule has 0 N–H and O–H groups in total. The lowest BCUT2D eigenvalue weighted by Gasteiger charge is -2.38. The summed E-state index contributed by atoms with van der Waals surface area (Å²) in [6.07, 6.45) is 0. The maximum atomic E-state index is 2.39. The SMILES string of the molecule is Cc1ccc(C2c3ccccc3-c3ccccc3N2C)cc1. The Kier molecular flexibility index (Phi) is 3.00. The molecule has 0 aliphatic carbocycles. The van der Waals surface area contributed by atoms with Gasteiger partial charge in [0.15, 0.2) is 0 Å². The van der Waals surface area contributed by atoms with Crippen molar-refractivity contribution >= 4 is 5.69 Å². The number of hydrogen-bond donors (Lipinski definition) is 0. The van der Waals surface area contributed by atoms with Gasteiger partial charge in [0.25, 0.3) is 0 Å². The highest BCUT2D eigenvalue weighted by molar-refractivity contribution is 5.85. The molecule has 1 aliphatic heterocycles. The Morgan fingerprint density at radius 2 is 1.36 bits per heavy atom. The number of rotatable bonds is 1. The Hall–Kier alpha value is -2.54. The van der Waals surface area contributed by atoms with Crippen molar-refractivity contribution in [2.45, 2.75) is 13.0 Å². The van der Waals surface area contributed by atoms with Crippen LogP contribution in [0, 0.1) is 6.92 Å². The van der Waals surface area contributed by atoms with E-state index in [0.717, 1.165) is 0 Å². The highest BCUT2D eigenvalue weighted by Gasteiger charge is 2.29. The fourth-order valence-corrected chi connectivity index (χ4v) is 3.49. The second-order valence-electron chi connectivity index (χ2n) is 6.03. The van der Waals surface area contributed by atoms with Crippen LogP contribution in [0.3, 0.4) is 0 Å². The van der Waals surface area contributed by atoms with Gasteiger partial charge in [0, 0.05) is 18.3 Å². The molecule has 1 aliphatic rings. The number of aryl methyl sites for hydroxylation is 1. The largest absolute Gasteiger partial charge is 0.363 e. The maximum absolute atomic E-state index is 2.39. The number of benzene rings is 3. The summed E-state index contributed by atoms with van der Waals surface area (Å²) in [4.78, 5) is 2.39. The van der Waals surface area contributed by atoms with Gasteiger partial charge in [-0.05, 0) is 29.7 Å². The molecule has 1 heterocycles. The van der Waals surface area contributed by atoms with Crippen LogP contribution in [0.2, 0.25) is 0 Å². The van der Waals surface area contributed by atoms with Gasteiger partial charge < -0.3 is 4.90 Å². The molecule has 0 radical (unpaired) electrons. The zero-order valence-electron chi connectivity index (χ0n) is 13.0. The Morgan fingerprint density at radius 3 is 2.14 bits per heavy atom. The average Bonchev–Trinajstić information content (AvgIpc) is 2.57. The van der Waals surface area contributed by atoms with Crippen molar-refractivity contribution in [2.24, 2.45) is 0 Å². The van der Waals surface area contributed by atoms with Gasteiger partial charge in [0.2, 0.25) is 0 Å². The zero-order valence-corrected chi connectivity index (χ0v) is 13.0. The molecule has 108 valence electrons. The predicted molar refractivity (Wildman–Crippen MR) is 93.3 cm³/mol. The van der Waals surface area contributed by atoms with Gasteiger partial charge in [-0.3, -0.25) is 0 Å².